The lowest BCUT2D eigenvalue weighted by molar-refractivity contribution is -0.114. The Labute approximate surface area is 147 Å². The van der Waals surface area contributed by atoms with Gasteiger partial charge in [-0.25, -0.2) is 0 Å². The molecule has 0 fully saturated rings. The summed E-state index contributed by atoms with van der Waals surface area (Å²) in [7, 11) is 0. The number of rotatable bonds is 7. The number of halogens is 1. The van der Waals surface area contributed by atoms with Gasteiger partial charge >= 0.3 is 0 Å². The second kappa shape index (κ2) is 8.41. The van der Waals surface area contributed by atoms with Gasteiger partial charge < -0.3 is 15.4 Å². The molecule has 2 aromatic carbocycles. The molecule has 0 aliphatic carbocycles. The van der Waals surface area contributed by atoms with Crippen LogP contribution in [0.1, 0.15) is 12.5 Å². The van der Waals surface area contributed by atoms with Gasteiger partial charge in [0.2, 0.25) is 5.91 Å². The molecule has 0 bridgehead atoms. The molecule has 0 unspecified atom stereocenters. The first-order chi connectivity index (χ1) is 11.5. The molecule has 0 aliphatic heterocycles. The molecule has 0 aliphatic rings. The molecule has 5 heteroatoms. The highest BCUT2D eigenvalue weighted by Gasteiger charge is 2.08. The number of carbonyl (C=O) groups is 1. The average Bonchev–Trinajstić information content (AvgIpc) is 2.55. The zero-order valence-corrected chi connectivity index (χ0v) is 14.6. The van der Waals surface area contributed by atoms with Crippen molar-refractivity contribution in [3.05, 3.63) is 65.2 Å². The molecule has 0 aromatic heterocycles. The van der Waals surface area contributed by atoms with Gasteiger partial charge in [0.25, 0.3) is 0 Å². The molecule has 0 heterocycles. The molecule has 2 rings (SSSR count). The lowest BCUT2D eigenvalue weighted by Gasteiger charge is -2.13. The first-order valence-electron chi connectivity index (χ1n) is 7.62. The minimum absolute atomic E-state index is 0.135. The highest BCUT2D eigenvalue weighted by molar-refractivity contribution is 6.30. The van der Waals surface area contributed by atoms with E-state index in [1.807, 2.05) is 44.2 Å². The maximum atomic E-state index is 12.2. The monoisotopic (exact) mass is 344 g/mol. The van der Waals surface area contributed by atoms with Gasteiger partial charge in [-0.3, -0.25) is 4.79 Å². The minimum Gasteiger partial charge on any atom is -0.487 e. The summed E-state index contributed by atoms with van der Waals surface area (Å²) in [5.41, 5.74) is 3.41. The first kappa shape index (κ1) is 17.9. The Kier molecular flexibility index (Phi) is 6.27. The third-order valence-corrected chi connectivity index (χ3v) is 3.51. The molecule has 0 radical (unpaired) electrons. The molecule has 0 saturated carbocycles. The molecule has 0 saturated heterocycles. The number of hydrogen-bond donors (Lipinski definition) is 2. The summed E-state index contributed by atoms with van der Waals surface area (Å²) >= 11 is 5.98. The molecule has 0 spiro atoms. The van der Waals surface area contributed by atoms with Gasteiger partial charge in [-0.15, -0.1) is 0 Å². The predicted octanol–water partition coefficient (Wildman–Crippen LogP) is 4.65. The Balaban J connectivity index is 1.97. The summed E-state index contributed by atoms with van der Waals surface area (Å²) in [6.45, 7) is 8.19. The summed E-state index contributed by atoms with van der Waals surface area (Å²) < 4.78 is 5.64. The Hall–Kier alpha value is -2.46. The second-order valence-electron chi connectivity index (χ2n) is 5.60. The van der Waals surface area contributed by atoms with Gasteiger partial charge in [0.15, 0.2) is 0 Å². The second-order valence-corrected chi connectivity index (χ2v) is 6.04. The highest BCUT2D eigenvalue weighted by atomic mass is 35.5. The van der Waals surface area contributed by atoms with Crippen LogP contribution in [0, 0.1) is 6.92 Å². The van der Waals surface area contributed by atoms with Crippen LogP contribution in [0.15, 0.2) is 54.6 Å². The highest BCUT2D eigenvalue weighted by Crippen LogP contribution is 2.24. The van der Waals surface area contributed by atoms with E-state index >= 15 is 0 Å². The number of aryl methyl sites for hydroxylation is 1. The molecule has 2 aromatic rings. The van der Waals surface area contributed by atoms with Crippen LogP contribution >= 0.6 is 11.6 Å². The number of ether oxygens (including phenoxy) is 1. The quantitative estimate of drug-likeness (QED) is 0.718. The van der Waals surface area contributed by atoms with E-state index < -0.39 is 0 Å². The number of amides is 1. The zero-order chi connectivity index (χ0) is 17.5. The van der Waals surface area contributed by atoms with Crippen LogP contribution in [-0.2, 0) is 4.79 Å². The first-order valence-corrected chi connectivity index (χ1v) is 7.99. The van der Waals surface area contributed by atoms with E-state index in [0.717, 1.165) is 16.8 Å². The van der Waals surface area contributed by atoms with E-state index in [9.17, 15) is 4.79 Å². The van der Waals surface area contributed by atoms with Crippen molar-refractivity contribution in [2.45, 2.75) is 13.8 Å². The number of benzene rings is 2. The SMILES string of the molecule is C=C(C)COc1ccccc1NC(=O)CNc1cc(Cl)ccc1C. The van der Waals surface area contributed by atoms with Crippen LogP contribution in [0.5, 0.6) is 5.75 Å². The fraction of sp³-hybridized carbons (Fsp3) is 0.211. The van der Waals surface area contributed by atoms with Crippen molar-refractivity contribution in [3.63, 3.8) is 0 Å². The zero-order valence-electron chi connectivity index (χ0n) is 13.9. The summed E-state index contributed by atoms with van der Waals surface area (Å²) in [5, 5.41) is 6.57. The summed E-state index contributed by atoms with van der Waals surface area (Å²) in [6, 6.07) is 12.8. The Morgan fingerprint density at radius 3 is 2.71 bits per heavy atom. The van der Waals surface area contributed by atoms with E-state index in [0.29, 0.717) is 23.1 Å². The lowest BCUT2D eigenvalue weighted by atomic mass is 10.2. The number of nitrogens with one attached hydrogen (secondary N) is 2. The smallest absolute Gasteiger partial charge is 0.243 e. The molecule has 4 nitrogen and oxygen atoms in total. The minimum atomic E-state index is -0.166. The largest absolute Gasteiger partial charge is 0.487 e. The number of hydrogen-bond acceptors (Lipinski definition) is 3. The number of anilines is 2. The molecule has 126 valence electrons. The number of carbonyl (C=O) groups excluding carboxylic acids is 1. The van der Waals surface area contributed by atoms with E-state index in [1.54, 1.807) is 12.1 Å². The normalized spacial score (nSPS) is 10.1. The van der Waals surface area contributed by atoms with Crippen molar-refractivity contribution < 1.29 is 9.53 Å². The van der Waals surface area contributed by atoms with Crippen LogP contribution in [-0.4, -0.2) is 19.1 Å². The third-order valence-electron chi connectivity index (χ3n) is 3.27. The van der Waals surface area contributed by atoms with Crippen LogP contribution < -0.4 is 15.4 Å². The van der Waals surface area contributed by atoms with E-state index in [4.69, 9.17) is 16.3 Å². The molecule has 2 N–H and O–H groups in total. The van der Waals surface area contributed by atoms with Gasteiger partial charge in [-0.05, 0) is 49.2 Å². The van der Waals surface area contributed by atoms with Gasteiger partial charge in [0.1, 0.15) is 12.4 Å². The van der Waals surface area contributed by atoms with E-state index in [-0.39, 0.29) is 12.5 Å². The molecule has 0 atom stereocenters. The van der Waals surface area contributed by atoms with Gasteiger partial charge in [0.05, 0.1) is 12.2 Å². The summed E-state index contributed by atoms with van der Waals surface area (Å²) in [5.74, 6) is 0.452. The van der Waals surface area contributed by atoms with Crippen molar-refractivity contribution in [1.29, 1.82) is 0 Å². The summed E-state index contributed by atoms with van der Waals surface area (Å²) in [4.78, 5) is 12.2. The maximum absolute atomic E-state index is 12.2. The summed E-state index contributed by atoms with van der Waals surface area (Å²) in [6.07, 6.45) is 0. The lowest BCUT2D eigenvalue weighted by Crippen LogP contribution is -2.22. The van der Waals surface area contributed by atoms with Crippen LogP contribution in [0.4, 0.5) is 11.4 Å². The van der Waals surface area contributed by atoms with Crippen molar-refractivity contribution in [1.82, 2.24) is 0 Å². The van der Waals surface area contributed by atoms with Gasteiger partial charge in [-0.1, -0.05) is 36.4 Å². The van der Waals surface area contributed by atoms with Crippen LogP contribution in [0.25, 0.3) is 0 Å². The van der Waals surface area contributed by atoms with E-state index in [1.165, 1.54) is 0 Å². The fourth-order valence-electron chi connectivity index (χ4n) is 2.05. The third kappa shape index (κ3) is 5.32. The van der Waals surface area contributed by atoms with Crippen molar-refractivity contribution in [2.75, 3.05) is 23.8 Å². The van der Waals surface area contributed by atoms with Gasteiger partial charge in [-0.2, -0.15) is 0 Å². The molecular formula is C19H21ClN2O2. The van der Waals surface area contributed by atoms with Crippen LogP contribution in [0.2, 0.25) is 5.02 Å². The Morgan fingerprint density at radius 1 is 1.21 bits per heavy atom. The van der Waals surface area contributed by atoms with Crippen molar-refractivity contribution in [3.8, 4) is 5.75 Å². The van der Waals surface area contributed by atoms with Crippen LogP contribution in [0.3, 0.4) is 0 Å². The van der Waals surface area contributed by atoms with Crippen molar-refractivity contribution in [2.24, 2.45) is 0 Å². The topological polar surface area (TPSA) is 50.4 Å². The molecule has 1 amide bonds. The van der Waals surface area contributed by atoms with Crippen molar-refractivity contribution >= 4 is 28.9 Å². The molecule has 24 heavy (non-hydrogen) atoms. The average molecular weight is 345 g/mol. The fourth-order valence-corrected chi connectivity index (χ4v) is 2.22. The molecular weight excluding hydrogens is 324 g/mol. The Bertz CT molecular complexity index is 744. The van der Waals surface area contributed by atoms with Gasteiger partial charge in [0, 0.05) is 10.7 Å². The standard InChI is InChI=1S/C19H21ClN2O2/c1-13(2)12-24-18-7-5-4-6-16(18)22-19(23)11-21-17-10-15(20)9-8-14(17)3/h4-10,21H,1,11-12H2,2-3H3,(H,22,23). The Morgan fingerprint density at radius 2 is 1.96 bits per heavy atom. The van der Waals surface area contributed by atoms with E-state index in [2.05, 4.69) is 17.2 Å². The maximum Gasteiger partial charge on any atom is 0.243 e. The number of para-hydroxylation sites is 2. The predicted molar refractivity (Wildman–Crippen MR) is 100 cm³/mol.